The quantitative estimate of drug-likeness (QED) is 0.790. The largest absolute Gasteiger partial charge is 0.354 e. The van der Waals surface area contributed by atoms with E-state index in [1.165, 1.54) is 4.90 Å². The summed E-state index contributed by atoms with van der Waals surface area (Å²) in [6, 6.07) is 16.2. The summed E-state index contributed by atoms with van der Waals surface area (Å²) >= 11 is 0. The lowest BCUT2D eigenvalue weighted by Crippen LogP contribution is -2.51. The van der Waals surface area contributed by atoms with Crippen LogP contribution < -0.4 is 10.2 Å². The minimum atomic E-state index is -2.74. The van der Waals surface area contributed by atoms with Crippen LogP contribution in [0, 0.1) is 0 Å². The summed E-state index contributed by atoms with van der Waals surface area (Å²) < 4.78 is 27.0. The smallest absolute Gasteiger partial charge is 0.267 e. The van der Waals surface area contributed by atoms with E-state index < -0.39 is 12.5 Å². The summed E-state index contributed by atoms with van der Waals surface area (Å²) in [5.74, 6) is -1.93. The zero-order valence-corrected chi connectivity index (χ0v) is 18.1. The van der Waals surface area contributed by atoms with Gasteiger partial charge in [-0.2, -0.15) is 0 Å². The minimum Gasteiger partial charge on any atom is -0.354 e. The van der Waals surface area contributed by atoms with Gasteiger partial charge in [-0.05, 0) is 18.6 Å². The van der Waals surface area contributed by atoms with Crippen LogP contribution in [-0.2, 0) is 4.79 Å². The average Bonchev–Trinajstić information content (AvgIpc) is 3.46. The van der Waals surface area contributed by atoms with Gasteiger partial charge in [-0.25, -0.2) is 13.8 Å². The number of hydrogen-bond acceptors (Lipinski definition) is 5. The van der Waals surface area contributed by atoms with Crippen LogP contribution in [0.3, 0.4) is 0 Å². The summed E-state index contributed by atoms with van der Waals surface area (Å²) in [7, 11) is 0. The number of alkyl halides is 2. The number of carbonyl (C=O) groups is 1. The van der Waals surface area contributed by atoms with Gasteiger partial charge in [-0.15, -0.1) is 0 Å². The number of nitrogens with one attached hydrogen (secondary N) is 1. The van der Waals surface area contributed by atoms with Crippen LogP contribution in [-0.4, -0.2) is 84.5 Å². The normalized spacial score (nSPS) is 25.9. The lowest BCUT2D eigenvalue weighted by atomic mass is 10.1. The molecule has 1 amide bonds. The van der Waals surface area contributed by atoms with Gasteiger partial charge in [0.1, 0.15) is 5.82 Å². The Morgan fingerprint density at radius 2 is 1.78 bits per heavy atom. The Morgan fingerprint density at radius 1 is 1.00 bits per heavy atom. The van der Waals surface area contributed by atoms with E-state index in [0.29, 0.717) is 6.42 Å². The number of piperazine rings is 1. The van der Waals surface area contributed by atoms with Crippen LogP contribution in [0.4, 0.5) is 14.6 Å². The number of nitrogens with zero attached hydrogens (tertiary/aromatic N) is 4. The maximum atomic E-state index is 13.5. The van der Waals surface area contributed by atoms with Gasteiger partial charge in [0.2, 0.25) is 5.91 Å². The van der Waals surface area contributed by atoms with E-state index in [4.69, 9.17) is 4.98 Å². The van der Waals surface area contributed by atoms with Crippen molar-refractivity contribution in [3.8, 4) is 11.3 Å². The van der Waals surface area contributed by atoms with Crippen LogP contribution in [0.2, 0.25) is 0 Å². The number of aromatic nitrogens is 1. The first-order valence-corrected chi connectivity index (χ1v) is 11.4. The highest BCUT2D eigenvalue weighted by Crippen LogP contribution is 2.28. The number of likely N-dealkylation sites (tertiary alicyclic amines) is 1. The third-order valence-electron chi connectivity index (χ3n) is 6.85. The van der Waals surface area contributed by atoms with Gasteiger partial charge >= 0.3 is 0 Å². The maximum Gasteiger partial charge on any atom is 0.267 e. The molecule has 0 spiro atoms. The number of carbonyl (C=O) groups excluding carboxylic acids is 1. The van der Waals surface area contributed by atoms with Gasteiger partial charge in [-0.3, -0.25) is 9.69 Å². The molecule has 170 valence electrons. The number of rotatable bonds is 4. The highest BCUT2D eigenvalue weighted by molar-refractivity contribution is 5.82. The van der Waals surface area contributed by atoms with E-state index in [1.54, 1.807) is 0 Å². The molecule has 4 heterocycles. The van der Waals surface area contributed by atoms with Crippen LogP contribution in [0.1, 0.15) is 12.8 Å². The number of halogens is 2. The molecule has 3 aliphatic heterocycles. The molecule has 3 aliphatic rings. The summed E-state index contributed by atoms with van der Waals surface area (Å²) in [5.41, 5.74) is 2.08. The molecule has 0 saturated carbocycles. The molecule has 32 heavy (non-hydrogen) atoms. The second-order valence-electron chi connectivity index (χ2n) is 8.99. The van der Waals surface area contributed by atoms with Crippen LogP contribution in [0.5, 0.6) is 0 Å². The fourth-order valence-electron chi connectivity index (χ4n) is 5.01. The van der Waals surface area contributed by atoms with Crippen LogP contribution in [0.25, 0.3) is 11.3 Å². The summed E-state index contributed by atoms with van der Waals surface area (Å²) in [6.45, 7) is 3.98. The van der Waals surface area contributed by atoms with E-state index in [0.717, 1.165) is 49.8 Å². The van der Waals surface area contributed by atoms with E-state index in [9.17, 15) is 13.6 Å². The van der Waals surface area contributed by atoms with Crippen molar-refractivity contribution in [1.82, 2.24) is 20.1 Å². The van der Waals surface area contributed by atoms with Crippen molar-refractivity contribution in [2.24, 2.45) is 0 Å². The highest BCUT2D eigenvalue weighted by Gasteiger charge is 2.43. The van der Waals surface area contributed by atoms with Gasteiger partial charge in [0, 0.05) is 57.3 Å². The molecular weight excluding hydrogens is 412 g/mol. The molecule has 1 aromatic carbocycles. The zero-order valence-electron chi connectivity index (χ0n) is 18.1. The van der Waals surface area contributed by atoms with Crippen molar-refractivity contribution >= 4 is 11.7 Å². The number of anilines is 1. The van der Waals surface area contributed by atoms with E-state index >= 15 is 0 Å². The fourth-order valence-corrected chi connectivity index (χ4v) is 5.01. The third kappa shape index (κ3) is 4.47. The van der Waals surface area contributed by atoms with Gasteiger partial charge in [-0.1, -0.05) is 36.4 Å². The van der Waals surface area contributed by atoms with Crippen molar-refractivity contribution in [1.29, 1.82) is 0 Å². The Bertz CT molecular complexity index is 948. The molecule has 2 aromatic rings. The van der Waals surface area contributed by atoms with Crippen molar-refractivity contribution < 1.29 is 13.6 Å². The number of hydrogen-bond donors (Lipinski definition) is 1. The summed E-state index contributed by atoms with van der Waals surface area (Å²) in [6.07, 6.45) is 0.457. The van der Waals surface area contributed by atoms with Crippen molar-refractivity contribution in [3.63, 3.8) is 0 Å². The number of pyridine rings is 1. The average molecular weight is 442 g/mol. The Labute approximate surface area is 187 Å². The van der Waals surface area contributed by atoms with Gasteiger partial charge in [0.25, 0.3) is 5.92 Å². The van der Waals surface area contributed by atoms with Gasteiger partial charge in [0.15, 0.2) is 0 Å². The van der Waals surface area contributed by atoms with Crippen LogP contribution >= 0.6 is 0 Å². The van der Waals surface area contributed by atoms with Crippen molar-refractivity contribution in [3.05, 3.63) is 48.5 Å². The molecular formula is C24H29F2N5O. The minimum absolute atomic E-state index is 0.155. The molecule has 0 bridgehead atoms. The second-order valence-corrected chi connectivity index (χ2v) is 8.99. The molecule has 2 atom stereocenters. The molecule has 0 radical (unpaired) electrons. The Kier molecular flexibility index (Phi) is 5.82. The molecule has 1 N–H and O–H groups in total. The Hall–Kier alpha value is -2.58. The Morgan fingerprint density at radius 3 is 2.50 bits per heavy atom. The molecule has 3 fully saturated rings. The number of benzene rings is 1. The topological polar surface area (TPSA) is 51.7 Å². The predicted molar refractivity (Wildman–Crippen MR) is 120 cm³/mol. The van der Waals surface area contributed by atoms with Crippen molar-refractivity contribution in [2.75, 3.05) is 50.7 Å². The molecule has 0 aliphatic carbocycles. The summed E-state index contributed by atoms with van der Waals surface area (Å²) in [5, 5.41) is 3.27. The van der Waals surface area contributed by atoms with E-state index in [1.807, 2.05) is 24.3 Å². The highest BCUT2D eigenvalue weighted by atomic mass is 19.3. The lowest BCUT2D eigenvalue weighted by molar-refractivity contribution is -0.133. The maximum absolute atomic E-state index is 13.5. The molecule has 1 aromatic heterocycles. The standard InChI is InChI=1S/C24H29F2N5O/c25-24(26)9-10-31(17-24)23(32)21-15-19(16-27-21)29-11-13-30(14-12-29)22-8-4-7-20(28-22)18-5-2-1-3-6-18/h1-8,19,21,27H,9-17H2/t19-,21-/m0/s1. The zero-order chi connectivity index (χ0) is 22.1. The lowest BCUT2D eigenvalue weighted by Gasteiger charge is -2.38. The third-order valence-corrected chi connectivity index (χ3v) is 6.85. The van der Waals surface area contributed by atoms with Gasteiger partial charge in [0.05, 0.1) is 18.3 Å². The first-order chi connectivity index (χ1) is 15.5. The first-order valence-electron chi connectivity index (χ1n) is 11.4. The van der Waals surface area contributed by atoms with Crippen molar-refractivity contribution in [2.45, 2.75) is 30.8 Å². The molecule has 8 heteroatoms. The monoisotopic (exact) mass is 441 g/mol. The van der Waals surface area contributed by atoms with Gasteiger partial charge < -0.3 is 15.1 Å². The predicted octanol–water partition coefficient (Wildman–Crippen LogP) is 2.47. The SMILES string of the molecule is O=C([C@@H]1C[C@H](N2CCN(c3cccc(-c4ccccc4)n3)CC2)CN1)N1CCC(F)(F)C1. The first kappa shape index (κ1) is 21.3. The molecule has 0 unspecified atom stereocenters. The molecule has 5 rings (SSSR count). The van der Waals surface area contributed by atoms with Crippen LogP contribution in [0.15, 0.2) is 48.5 Å². The Balaban J connectivity index is 1.15. The number of amides is 1. The van der Waals surface area contributed by atoms with E-state index in [-0.39, 0.29) is 31.0 Å². The summed E-state index contributed by atoms with van der Waals surface area (Å²) in [4.78, 5) is 23.6. The molecule has 3 saturated heterocycles. The molecule has 6 nitrogen and oxygen atoms in total. The fraction of sp³-hybridized carbons (Fsp3) is 0.500. The second kappa shape index (κ2) is 8.75. The van der Waals surface area contributed by atoms with E-state index in [2.05, 4.69) is 39.4 Å².